The van der Waals surface area contributed by atoms with Crippen LogP contribution in [0.15, 0.2) is 28.2 Å². The Kier molecular flexibility index (Phi) is 4.59. The highest BCUT2D eigenvalue weighted by Gasteiger charge is 2.08. The van der Waals surface area contributed by atoms with Crippen molar-refractivity contribution in [3.8, 4) is 0 Å². The van der Waals surface area contributed by atoms with Gasteiger partial charge in [0.05, 0.1) is 11.4 Å². The number of thiol groups is 1. The van der Waals surface area contributed by atoms with Crippen molar-refractivity contribution in [3.05, 3.63) is 23.8 Å². The lowest BCUT2D eigenvalue weighted by Crippen LogP contribution is -2.14. The normalized spacial score (nSPS) is 13.0. The molecule has 2 nitrogen and oxygen atoms in total. The quantitative estimate of drug-likeness (QED) is 0.497. The maximum absolute atomic E-state index is 7.61. The Morgan fingerprint density at radius 3 is 2.25 bits per heavy atom. The van der Waals surface area contributed by atoms with Gasteiger partial charge in [0.15, 0.2) is 0 Å². The van der Waals surface area contributed by atoms with E-state index in [0.29, 0.717) is 17.0 Å². The van der Waals surface area contributed by atoms with Gasteiger partial charge in [-0.3, -0.25) is 5.41 Å². The van der Waals surface area contributed by atoms with E-state index in [1.54, 1.807) is 6.92 Å². The Morgan fingerprint density at radius 1 is 1.50 bits per heavy atom. The molecule has 0 aromatic rings. The fraction of sp³-hybridized carbons (Fsp3) is 0.333. The molecule has 0 saturated carbocycles. The summed E-state index contributed by atoms with van der Waals surface area (Å²) in [5.41, 5.74) is 2.58. The highest BCUT2D eigenvalue weighted by molar-refractivity contribution is 7.79. The van der Waals surface area contributed by atoms with Crippen LogP contribution in [0.1, 0.15) is 20.8 Å². The smallest absolute Gasteiger partial charge is 0.0987 e. The predicted molar refractivity (Wildman–Crippen MR) is 58.4 cm³/mol. The molecule has 0 atom stereocenters. The lowest BCUT2D eigenvalue weighted by atomic mass is 10.0. The molecule has 0 aliphatic carbocycles. The Balaban J connectivity index is 4.85. The second-order valence-electron chi connectivity index (χ2n) is 2.58. The summed E-state index contributed by atoms with van der Waals surface area (Å²) in [6, 6.07) is 0. The summed E-state index contributed by atoms with van der Waals surface area (Å²) in [7, 11) is 0. The first-order valence-electron chi connectivity index (χ1n) is 3.64. The van der Waals surface area contributed by atoms with E-state index >= 15 is 0 Å². The average molecular weight is 182 g/mol. The van der Waals surface area contributed by atoms with E-state index in [2.05, 4.69) is 23.8 Å². The summed E-state index contributed by atoms with van der Waals surface area (Å²) < 4.78 is 3.74. The van der Waals surface area contributed by atoms with Gasteiger partial charge in [-0.1, -0.05) is 12.7 Å². The van der Waals surface area contributed by atoms with Crippen LogP contribution < -0.4 is 0 Å². The van der Waals surface area contributed by atoms with Gasteiger partial charge in [-0.2, -0.15) is 0 Å². The molecule has 3 heteroatoms. The molecule has 0 aliphatic rings. The van der Waals surface area contributed by atoms with Crippen LogP contribution in [0.25, 0.3) is 0 Å². The molecule has 0 amide bonds. The molecule has 0 heterocycles. The zero-order chi connectivity index (χ0) is 9.72. The summed E-state index contributed by atoms with van der Waals surface area (Å²) in [4.78, 5) is 0. The van der Waals surface area contributed by atoms with E-state index in [1.165, 1.54) is 0 Å². The van der Waals surface area contributed by atoms with Gasteiger partial charge in [-0.25, -0.2) is 4.40 Å². The van der Waals surface area contributed by atoms with Crippen LogP contribution in [-0.4, -0.2) is 11.4 Å². The van der Waals surface area contributed by atoms with Gasteiger partial charge in [0.1, 0.15) is 0 Å². The van der Waals surface area contributed by atoms with Gasteiger partial charge in [0.25, 0.3) is 0 Å². The molecule has 66 valence electrons. The fourth-order valence-corrected chi connectivity index (χ4v) is 0.923. The third-order valence-corrected chi connectivity index (χ3v) is 1.77. The summed E-state index contributed by atoms with van der Waals surface area (Å²) in [6.45, 7) is 9.25. The van der Waals surface area contributed by atoms with Gasteiger partial charge < -0.3 is 0 Å². The van der Waals surface area contributed by atoms with E-state index in [-0.39, 0.29) is 0 Å². The van der Waals surface area contributed by atoms with E-state index in [4.69, 9.17) is 5.41 Å². The molecule has 0 unspecified atom stereocenters. The predicted octanol–water partition coefficient (Wildman–Crippen LogP) is 2.83. The first kappa shape index (κ1) is 11.2. The highest BCUT2D eigenvalue weighted by atomic mass is 32.1. The van der Waals surface area contributed by atoms with E-state index in [1.807, 2.05) is 19.9 Å². The summed E-state index contributed by atoms with van der Waals surface area (Å²) in [5.74, 6) is 0. The molecular weight excluding hydrogens is 168 g/mol. The van der Waals surface area contributed by atoms with Crippen LogP contribution in [0, 0.1) is 5.41 Å². The minimum Gasteiger partial charge on any atom is -0.298 e. The topological polar surface area (TPSA) is 36.2 Å². The molecule has 0 rings (SSSR count). The molecule has 0 radical (unpaired) electrons. The third-order valence-electron chi connectivity index (χ3n) is 1.57. The standard InChI is InChI=1S/C9H14N2S/c1-5-7(4)9(11-12)8(10)6(2)3/h5,10,12H,2H2,1,3-4H3/b7-5-,10-8?,11-9?. The van der Waals surface area contributed by atoms with Gasteiger partial charge in [-0.05, 0) is 44.7 Å². The maximum Gasteiger partial charge on any atom is 0.0987 e. The zero-order valence-electron chi connectivity index (χ0n) is 7.68. The molecule has 0 spiro atoms. The number of nitrogens with one attached hydrogen (secondary N) is 1. The molecule has 12 heavy (non-hydrogen) atoms. The molecule has 0 aliphatic heterocycles. The van der Waals surface area contributed by atoms with Crippen LogP contribution in [0.2, 0.25) is 0 Å². The first-order chi connectivity index (χ1) is 5.54. The van der Waals surface area contributed by atoms with Gasteiger partial charge in [0, 0.05) is 0 Å². The third kappa shape index (κ3) is 2.66. The molecular formula is C9H14N2S. The van der Waals surface area contributed by atoms with Crippen molar-refractivity contribution in [1.29, 1.82) is 5.41 Å². The summed E-state index contributed by atoms with van der Waals surface area (Å²) in [5, 5.41) is 7.61. The monoisotopic (exact) mass is 182 g/mol. The number of rotatable bonds is 3. The number of hydrogen-bond donors (Lipinski definition) is 2. The summed E-state index contributed by atoms with van der Waals surface area (Å²) in [6.07, 6.45) is 1.90. The zero-order valence-corrected chi connectivity index (χ0v) is 8.57. The van der Waals surface area contributed by atoms with Crippen molar-refractivity contribution in [2.75, 3.05) is 0 Å². The molecule has 0 saturated heterocycles. The van der Waals surface area contributed by atoms with Crippen molar-refractivity contribution >= 4 is 24.2 Å². The Bertz CT molecular complexity index is 262. The van der Waals surface area contributed by atoms with Crippen LogP contribution in [0.5, 0.6) is 0 Å². The number of allylic oxidation sites excluding steroid dienone is 3. The second-order valence-corrected chi connectivity index (χ2v) is 2.78. The maximum atomic E-state index is 7.61. The summed E-state index contributed by atoms with van der Waals surface area (Å²) >= 11 is 3.81. The average Bonchev–Trinajstić information content (AvgIpc) is 2.05. The second kappa shape index (κ2) is 4.93. The molecule has 0 bridgehead atoms. The SMILES string of the molecule is C=C(C)C(=N)C(=NS)/C(C)=C\C. The van der Waals surface area contributed by atoms with Crippen LogP contribution in [0.4, 0.5) is 0 Å². The van der Waals surface area contributed by atoms with Crippen LogP contribution in [0.3, 0.4) is 0 Å². The van der Waals surface area contributed by atoms with E-state index in [9.17, 15) is 0 Å². The Morgan fingerprint density at radius 2 is 2.00 bits per heavy atom. The van der Waals surface area contributed by atoms with Gasteiger partial charge in [0.2, 0.25) is 0 Å². The van der Waals surface area contributed by atoms with Crippen molar-refractivity contribution in [2.24, 2.45) is 4.40 Å². The minimum atomic E-state index is 0.348. The highest BCUT2D eigenvalue weighted by Crippen LogP contribution is 2.05. The Labute approximate surface area is 79.2 Å². The van der Waals surface area contributed by atoms with Crippen LogP contribution >= 0.6 is 12.8 Å². The largest absolute Gasteiger partial charge is 0.298 e. The number of nitrogens with zero attached hydrogens (tertiary/aromatic N) is 1. The van der Waals surface area contributed by atoms with E-state index < -0.39 is 0 Å². The molecule has 0 fully saturated rings. The van der Waals surface area contributed by atoms with Crippen LogP contribution in [-0.2, 0) is 0 Å². The molecule has 0 aromatic carbocycles. The minimum absolute atomic E-state index is 0.348. The van der Waals surface area contributed by atoms with Gasteiger partial charge >= 0.3 is 0 Å². The Hall–Kier alpha value is -0.830. The van der Waals surface area contributed by atoms with Crippen molar-refractivity contribution in [3.63, 3.8) is 0 Å². The molecule has 1 N–H and O–H groups in total. The fourth-order valence-electron chi connectivity index (χ4n) is 0.665. The lowest BCUT2D eigenvalue weighted by molar-refractivity contribution is 1.46. The first-order valence-corrected chi connectivity index (χ1v) is 4.04. The molecule has 0 aromatic heterocycles. The number of hydrogen-bond acceptors (Lipinski definition) is 3. The van der Waals surface area contributed by atoms with Crippen molar-refractivity contribution in [2.45, 2.75) is 20.8 Å². The van der Waals surface area contributed by atoms with Gasteiger partial charge in [-0.15, -0.1) is 0 Å². The lowest BCUT2D eigenvalue weighted by Gasteiger charge is -2.05. The van der Waals surface area contributed by atoms with Crippen molar-refractivity contribution in [1.82, 2.24) is 0 Å². The van der Waals surface area contributed by atoms with Crippen molar-refractivity contribution < 1.29 is 0 Å². The van der Waals surface area contributed by atoms with E-state index in [0.717, 1.165) is 5.57 Å².